The van der Waals surface area contributed by atoms with Gasteiger partial charge in [0.05, 0.1) is 0 Å². The molecule has 100 valence electrons. The van der Waals surface area contributed by atoms with E-state index in [4.69, 9.17) is 0 Å². The summed E-state index contributed by atoms with van der Waals surface area (Å²) >= 11 is 0.0410. The minimum absolute atomic E-state index is 0. The normalized spacial score (nSPS) is 9.61. The summed E-state index contributed by atoms with van der Waals surface area (Å²) in [7, 11) is 0. The molecule has 0 bridgehead atoms. The predicted octanol–water partition coefficient (Wildman–Crippen LogP) is 5.00. The van der Waals surface area contributed by atoms with Gasteiger partial charge in [-0.3, -0.25) is 0 Å². The van der Waals surface area contributed by atoms with Gasteiger partial charge >= 0.3 is 20.4 Å². The minimum Gasteiger partial charge on any atom is -0.174 e. The SMILES string of the molecule is CCCCCCCCC[CH2][Mg][c]1ccccc1.Cl. The van der Waals surface area contributed by atoms with Crippen molar-refractivity contribution in [2.45, 2.75) is 62.8 Å². The maximum absolute atomic E-state index is 2.30. The molecule has 0 amide bonds. The second-order valence-electron chi connectivity index (χ2n) is 5.06. The zero-order valence-corrected chi connectivity index (χ0v) is 14.1. The summed E-state index contributed by atoms with van der Waals surface area (Å²) in [5.74, 6) is 0. The fraction of sp³-hybridized carbons (Fsp3) is 0.625. The molecule has 2 heteroatoms. The van der Waals surface area contributed by atoms with E-state index in [1.165, 1.54) is 55.9 Å². The number of halogens is 1. The monoisotopic (exact) mass is 278 g/mol. The number of hydrogen-bond donors (Lipinski definition) is 0. The lowest BCUT2D eigenvalue weighted by Crippen LogP contribution is -2.12. The van der Waals surface area contributed by atoms with Gasteiger partial charge in [-0.2, -0.15) is 3.69 Å². The van der Waals surface area contributed by atoms with Crippen molar-refractivity contribution in [2.75, 3.05) is 0 Å². The van der Waals surface area contributed by atoms with Crippen molar-refractivity contribution in [1.29, 1.82) is 0 Å². The Morgan fingerprint density at radius 3 is 1.94 bits per heavy atom. The number of hydrogen-bond acceptors (Lipinski definition) is 0. The third-order valence-corrected chi connectivity index (χ3v) is 5.31. The van der Waals surface area contributed by atoms with Gasteiger partial charge < -0.3 is 0 Å². The van der Waals surface area contributed by atoms with E-state index < -0.39 is 0 Å². The third kappa shape index (κ3) is 10.2. The summed E-state index contributed by atoms with van der Waals surface area (Å²) in [5.41, 5.74) is 0. The Morgan fingerprint density at radius 1 is 0.778 bits per heavy atom. The summed E-state index contributed by atoms with van der Waals surface area (Å²) < 4.78 is 3.13. The zero-order chi connectivity index (χ0) is 12.2. The number of benzene rings is 1. The smallest absolute Gasteiger partial charge is 0.174 e. The maximum atomic E-state index is 2.30. The molecule has 0 saturated heterocycles. The van der Waals surface area contributed by atoms with Crippen molar-refractivity contribution in [3.05, 3.63) is 30.3 Å². The summed E-state index contributed by atoms with van der Waals surface area (Å²) in [6, 6.07) is 11.1. The molecule has 0 fully saturated rings. The highest BCUT2D eigenvalue weighted by Crippen LogP contribution is 2.09. The average molecular weight is 279 g/mol. The molecule has 0 aliphatic heterocycles. The molecular weight excluding hydrogens is 252 g/mol. The lowest BCUT2D eigenvalue weighted by atomic mass is 10.1. The fourth-order valence-corrected chi connectivity index (χ4v) is 3.90. The predicted molar refractivity (Wildman–Crippen MR) is 86.5 cm³/mol. The first kappa shape index (κ1) is 18.3. The highest BCUT2D eigenvalue weighted by molar-refractivity contribution is 6.53. The quantitative estimate of drug-likeness (QED) is 0.418. The first-order valence-corrected chi connectivity index (χ1v) is 9.18. The lowest BCUT2D eigenvalue weighted by molar-refractivity contribution is 0.585. The molecule has 1 aromatic carbocycles. The van der Waals surface area contributed by atoms with Crippen LogP contribution in [-0.4, -0.2) is 20.4 Å². The molecule has 0 unspecified atom stereocenters. The van der Waals surface area contributed by atoms with Crippen molar-refractivity contribution in [3.8, 4) is 0 Å². The standard InChI is InChI=1S/C10H21.C6H5.ClH.Mg/c1-3-5-7-9-10-8-6-4-2;1-2-4-6-5-3-1;;/h1,3-10H2,2H3;1-5H;1H;. The van der Waals surface area contributed by atoms with Crippen molar-refractivity contribution in [3.63, 3.8) is 0 Å². The largest absolute Gasteiger partial charge is 0.408 e. The molecular formula is C16H27ClMg. The van der Waals surface area contributed by atoms with Crippen LogP contribution < -0.4 is 3.69 Å². The molecule has 1 rings (SSSR count). The molecule has 0 radical (unpaired) electrons. The Hall–Kier alpha value is 0.276. The average Bonchev–Trinajstić information content (AvgIpc) is 2.38. The van der Waals surface area contributed by atoms with Gasteiger partial charge in [-0.25, -0.2) is 0 Å². The molecule has 0 aliphatic rings. The van der Waals surface area contributed by atoms with Crippen LogP contribution >= 0.6 is 12.4 Å². The molecule has 1 aromatic rings. The maximum Gasteiger partial charge on any atom is 0.408 e. The fourth-order valence-electron chi connectivity index (χ4n) is 2.28. The van der Waals surface area contributed by atoms with Crippen molar-refractivity contribution >= 4 is 36.5 Å². The van der Waals surface area contributed by atoms with Gasteiger partial charge in [0.15, 0.2) is 0 Å². The lowest BCUT2D eigenvalue weighted by Gasteiger charge is -2.01. The molecule has 0 spiro atoms. The highest BCUT2D eigenvalue weighted by atomic mass is 35.5. The Bertz CT molecular complexity index is 261. The van der Waals surface area contributed by atoms with Crippen LogP contribution in [0.4, 0.5) is 0 Å². The van der Waals surface area contributed by atoms with E-state index in [2.05, 4.69) is 37.3 Å². The molecule has 0 nitrogen and oxygen atoms in total. The molecule has 0 atom stereocenters. The Labute approximate surface area is 129 Å². The second kappa shape index (κ2) is 13.7. The minimum atomic E-state index is 0. The van der Waals surface area contributed by atoms with E-state index in [-0.39, 0.29) is 32.8 Å². The van der Waals surface area contributed by atoms with E-state index in [0.29, 0.717) is 0 Å². The van der Waals surface area contributed by atoms with Crippen LogP contribution in [0.2, 0.25) is 4.55 Å². The first-order chi connectivity index (χ1) is 8.43. The number of unbranched alkanes of at least 4 members (excludes halogenated alkanes) is 7. The second-order valence-corrected chi connectivity index (χ2v) is 7.09. The Kier molecular flexibility index (Phi) is 13.9. The van der Waals surface area contributed by atoms with Crippen LogP contribution in [0.25, 0.3) is 0 Å². The van der Waals surface area contributed by atoms with Gasteiger partial charge in [0, 0.05) is 0 Å². The zero-order valence-electron chi connectivity index (χ0n) is 11.9. The molecule has 0 aromatic heterocycles. The van der Waals surface area contributed by atoms with Crippen molar-refractivity contribution in [1.82, 2.24) is 0 Å². The van der Waals surface area contributed by atoms with Gasteiger partial charge in [-0.15, -0.1) is 17.0 Å². The van der Waals surface area contributed by atoms with Crippen molar-refractivity contribution in [2.24, 2.45) is 0 Å². The Balaban J connectivity index is 0.00000289. The third-order valence-electron chi connectivity index (χ3n) is 3.41. The number of rotatable bonds is 10. The van der Waals surface area contributed by atoms with Crippen molar-refractivity contribution < 1.29 is 0 Å². The molecule has 0 heterocycles. The first-order valence-electron chi connectivity index (χ1n) is 7.47. The topological polar surface area (TPSA) is 0 Å². The Morgan fingerprint density at radius 2 is 1.33 bits per heavy atom. The summed E-state index contributed by atoms with van der Waals surface area (Å²) in [4.78, 5) is 0. The van der Waals surface area contributed by atoms with E-state index in [9.17, 15) is 0 Å². The van der Waals surface area contributed by atoms with Gasteiger partial charge in [-0.05, 0) is 0 Å². The molecule has 18 heavy (non-hydrogen) atoms. The van der Waals surface area contributed by atoms with Gasteiger partial charge in [0.2, 0.25) is 0 Å². The van der Waals surface area contributed by atoms with Gasteiger partial charge in [-0.1, -0.05) is 88.6 Å². The molecule has 0 saturated carbocycles. The molecule has 0 N–H and O–H groups in total. The summed E-state index contributed by atoms with van der Waals surface area (Å²) in [5, 5.41) is 0. The van der Waals surface area contributed by atoms with Gasteiger partial charge in [0.1, 0.15) is 0 Å². The van der Waals surface area contributed by atoms with Crippen LogP contribution in [-0.2, 0) is 0 Å². The van der Waals surface area contributed by atoms with Crippen LogP contribution in [0.1, 0.15) is 58.3 Å². The summed E-state index contributed by atoms with van der Waals surface area (Å²) in [6.45, 7) is 2.29. The van der Waals surface area contributed by atoms with E-state index in [0.717, 1.165) is 0 Å². The summed E-state index contributed by atoms with van der Waals surface area (Å²) in [6.07, 6.45) is 11.6. The van der Waals surface area contributed by atoms with E-state index >= 15 is 0 Å². The molecule has 0 aliphatic carbocycles. The van der Waals surface area contributed by atoms with Crippen LogP contribution in [0, 0.1) is 0 Å². The van der Waals surface area contributed by atoms with Crippen LogP contribution in [0.3, 0.4) is 0 Å². The van der Waals surface area contributed by atoms with Crippen LogP contribution in [0.15, 0.2) is 30.3 Å². The van der Waals surface area contributed by atoms with Crippen LogP contribution in [0.5, 0.6) is 0 Å². The highest BCUT2D eigenvalue weighted by Gasteiger charge is 1.98. The van der Waals surface area contributed by atoms with E-state index in [1.54, 1.807) is 3.69 Å². The van der Waals surface area contributed by atoms with E-state index in [1.807, 2.05) is 0 Å². The van der Waals surface area contributed by atoms with Gasteiger partial charge in [0.25, 0.3) is 0 Å².